The zero-order chi connectivity index (χ0) is 17.0. The lowest BCUT2D eigenvalue weighted by molar-refractivity contribution is 0.0526. The number of halogens is 2. The van der Waals surface area contributed by atoms with Gasteiger partial charge in [0.15, 0.2) is 0 Å². The van der Waals surface area contributed by atoms with Gasteiger partial charge in [-0.05, 0) is 49.4 Å². The van der Waals surface area contributed by atoms with Crippen LogP contribution in [0, 0.1) is 11.6 Å². The number of sulfonamides is 1. The second kappa shape index (κ2) is 6.74. The first-order valence-corrected chi connectivity index (χ1v) is 8.07. The number of esters is 1. The molecule has 8 heteroatoms. The number of rotatable bonds is 5. The molecule has 0 radical (unpaired) electrons. The van der Waals surface area contributed by atoms with E-state index in [0.717, 1.165) is 12.1 Å². The Kier molecular flexibility index (Phi) is 4.95. The fourth-order valence-electron chi connectivity index (χ4n) is 1.78. The highest BCUT2D eigenvalue weighted by atomic mass is 32.2. The van der Waals surface area contributed by atoms with E-state index in [0.29, 0.717) is 6.07 Å². The molecule has 0 saturated carbocycles. The summed E-state index contributed by atoms with van der Waals surface area (Å²) in [5.74, 6) is -2.48. The third-order valence-corrected chi connectivity index (χ3v) is 4.23. The van der Waals surface area contributed by atoms with Gasteiger partial charge in [0.25, 0.3) is 10.0 Å². The van der Waals surface area contributed by atoms with E-state index in [1.807, 2.05) is 0 Å². The molecule has 23 heavy (non-hydrogen) atoms. The van der Waals surface area contributed by atoms with Crippen LogP contribution in [0.5, 0.6) is 0 Å². The van der Waals surface area contributed by atoms with Crippen LogP contribution in [0.4, 0.5) is 14.5 Å². The van der Waals surface area contributed by atoms with Gasteiger partial charge < -0.3 is 4.74 Å². The van der Waals surface area contributed by atoms with Crippen LogP contribution < -0.4 is 4.72 Å². The summed E-state index contributed by atoms with van der Waals surface area (Å²) >= 11 is 0. The summed E-state index contributed by atoms with van der Waals surface area (Å²) in [6.07, 6.45) is 0. The Balaban J connectivity index is 2.24. The fraction of sp³-hybridized carbons (Fsp3) is 0.133. The molecule has 0 amide bonds. The number of nitrogens with one attached hydrogen (secondary N) is 1. The van der Waals surface area contributed by atoms with Crippen LogP contribution in [-0.2, 0) is 14.8 Å². The van der Waals surface area contributed by atoms with E-state index < -0.39 is 32.5 Å². The molecule has 122 valence electrons. The molecule has 0 aliphatic rings. The van der Waals surface area contributed by atoms with Gasteiger partial charge >= 0.3 is 5.97 Å². The van der Waals surface area contributed by atoms with E-state index in [4.69, 9.17) is 4.74 Å². The fourth-order valence-corrected chi connectivity index (χ4v) is 2.93. The molecular weight excluding hydrogens is 328 g/mol. The summed E-state index contributed by atoms with van der Waals surface area (Å²) in [7, 11) is -4.29. The van der Waals surface area contributed by atoms with Crippen LogP contribution in [0.15, 0.2) is 47.4 Å². The van der Waals surface area contributed by atoms with Gasteiger partial charge in [-0.3, -0.25) is 4.72 Å². The molecule has 0 unspecified atom stereocenters. The molecule has 0 aliphatic carbocycles. The lowest BCUT2D eigenvalue weighted by atomic mass is 10.2. The van der Waals surface area contributed by atoms with Crippen molar-refractivity contribution in [1.82, 2.24) is 0 Å². The molecule has 2 aromatic carbocycles. The van der Waals surface area contributed by atoms with Crippen molar-refractivity contribution < 1.29 is 26.7 Å². The number of hydrogen-bond acceptors (Lipinski definition) is 4. The van der Waals surface area contributed by atoms with E-state index in [2.05, 4.69) is 4.72 Å². The van der Waals surface area contributed by atoms with E-state index in [1.165, 1.54) is 24.3 Å². The van der Waals surface area contributed by atoms with Crippen molar-refractivity contribution in [2.45, 2.75) is 11.8 Å². The van der Waals surface area contributed by atoms with Gasteiger partial charge in [0.05, 0.1) is 12.2 Å². The zero-order valence-corrected chi connectivity index (χ0v) is 12.9. The van der Waals surface area contributed by atoms with E-state index in [1.54, 1.807) is 6.92 Å². The molecule has 0 bridgehead atoms. The first-order chi connectivity index (χ1) is 10.8. The normalized spacial score (nSPS) is 11.1. The smallest absolute Gasteiger partial charge is 0.338 e. The maximum absolute atomic E-state index is 13.6. The molecule has 1 N–H and O–H groups in total. The molecular formula is C15H13F2NO4S. The van der Waals surface area contributed by atoms with Gasteiger partial charge in [-0.25, -0.2) is 22.0 Å². The average Bonchev–Trinajstić information content (AvgIpc) is 2.50. The number of ether oxygens (including phenoxy) is 1. The molecule has 0 aliphatic heterocycles. The van der Waals surface area contributed by atoms with Crippen molar-refractivity contribution in [3.05, 3.63) is 59.7 Å². The summed E-state index contributed by atoms with van der Waals surface area (Å²) in [5.41, 5.74) is 0.341. The van der Waals surface area contributed by atoms with Crippen molar-refractivity contribution in [3.63, 3.8) is 0 Å². The average molecular weight is 341 g/mol. The second-order valence-electron chi connectivity index (χ2n) is 4.48. The van der Waals surface area contributed by atoms with Crippen LogP contribution >= 0.6 is 0 Å². The summed E-state index contributed by atoms with van der Waals surface area (Å²) in [6, 6.07) is 7.50. The maximum Gasteiger partial charge on any atom is 0.338 e. The van der Waals surface area contributed by atoms with Crippen LogP contribution in [0.25, 0.3) is 0 Å². The summed E-state index contributed by atoms with van der Waals surface area (Å²) in [4.78, 5) is 10.7. The standard InChI is InChI=1S/C15H13F2NO4S/c1-2-22-15(19)10-3-6-12(7-4-10)18-23(20,21)14-9-11(16)5-8-13(14)17/h3-9,18H,2H2,1H3. The first-order valence-electron chi connectivity index (χ1n) is 6.58. The highest BCUT2D eigenvalue weighted by Gasteiger charge is 2.20. The Bertz CT molecular complexity index is 820. The molecule has 5 nitrogen and oxygen atoms in total. The number of benzene rings is 2. The zero-order valence-electron chi connectivity index (χ0n) is 12.0. The Morgan fingerprint density at radius 2 is 1.78 bits per heavy atom. The van der Waals surface area contributed by atoms with Gasteiger partial charge in [0.2, 0.25) is 0 Å². The van der Waals surface area contributed by atoms with Crippen LogP contribution in [0.3, 0.4) is 0 Å². The predicted molar refractivity (Wildman–Crippen MR) is 79.6 cm³/mol. The highest BCUT2D eigenvalue weighted by molar-refractivity contribution is 7.92. The minimum Gasteiger partial charge on any atom is -0.462 e. The highest BCUT2D eigenvalue weighted by Crippen LogP contribution is 2.20. The molecule has 2 aromatic rings. The van der Waals surface area contributed by atoms with E-state index >= 15 is 0 Å². The Hall–Kier alpha value is -2.48. The number of hydrogen-bond donors (Lipinski definition) is 1. The quantitative estimate of drug-likeness (QED) is 0.849. The van der Waals surface area contributed by atoms with Gasteiger partial charge in [0.1, 0.15) is 16.5 Å². The minimum atomic E-state index is -4.29. The summed E-state index contributed by atoms with van der Waals surface area (Å²) in [5, 5.41) is 0. The summed E-state index contributed by atoms with van der Waals surface area (Å²) in [6.45, 7) is 1.87. The van der Waals surface area contributed by atoms with Crippen LogP contribution in [-0.4, -0.2) is 21.0 Å². The van der Waals surface area contributed by atoms with Crippen molar-refractivity contribution in [3.8, 4) is 0 Å². The molecule has 0 atom stereocenters. The second-order valence-corrected chi connectivity index (χ2v) is 6.13. The van der Waals surface area contributed by atoms with Crippen molar-refractivity contribution >= 4 is 21.7 Å². The Labute approximate surface area is 132 Å². The molecule has 0 saturated heterocycles. The predicted octanol–water partition coefficient (Wildman–Crippen LogP) is 2.94. The summed E-state index contributed by atoms with van der Waals surface area (Å²) < 4.78 is 57.8. The number of carbonyl (C=O) groups excluding carboxylic acids is 1. The topological polar surface area (TPSA) is 72.5 Å². The molecule has 0 aromatic heterocycles. The van der Waals surface area contributed by atoms with Gasteiger partial charge in [-0.1, -0.05) is 0 Å². The van der Waals surface area contributed by atoms with Gasteiger partial charge in [-0.2, -0.15) is 0 Å². The van der Waals surface area contributed by atoms with Crippen LogP contribution in [0.1, 0.15) is 17.3 Å². The third-order valence-electron chi connectivity index (χ3n) is 2.83. The molecule has 0 spiro atoms. The minimum absolute atomic E-state index is 0.0988. The Morgan fingerprint density at radius 1 is 1.13 bits per heavy atom. The van der Waals surface area contributed by atoms with E-state index in [9.17, 15) is 22.0 Å². The largest absolute Gasteiger partial charge is 0.462 e. The third kappa shape index (κ3) is 4.04. The van der Waals surface area contributed by atoms with E-state index in [-0.39, 0.29) is 17.9 Å². The van der Waals surface area contributed by atoms with Gasteiger partial charge in [0, 0.05) is 5.69 Å². The lowest BCUT2D eigenvalue weighted by Crippen LogP contribution is -2.15. The van der Waals surface area contributed by atoms with Crippen molar-refractivity contribution in [2.75, 3.05) is 11.3 Å². The number of anilines is 1. The molecule has 2 rings (SSSR count). The monoisotopic (exact) mass is 341 g/mol. The Morgan fingerprint density at radius 3 is 2.39 bits per heavy atom. The molecule has 0 fully saturated rings. The SMILES string of the molecule is CCOC(=O)c1ccc(NS(=O)(=O)c2cc(F)ccc2F)cc1. The van der Waals surface area contributed by atoms with Crippen LogP contribution in [0.2, 0.25) is 0 Å². The van der Waals surface area contributed by atoms with Crippen molar-refractivity contribution in [2.24, 2.45) is 0 Å². The molecule has 0 heterocycles. The van der Waals surface area contributed by atoms with Crippen molar-refractivity contribution in [1.29, 1.82) is 0 Å². The maximum atomic E-state index is 13.6. The number of carbonyl (C=O) groups is 1. The van der Waals surface area contributed by atoms with Gasteiger partial charge in [-0.15, -0.1) is 0 Å². The lowest BCUT2D eigenvalue weighted by Gasteiger charge is -2.09. The first kappa shape index (κ1) is 16.9.